The van der Waals surface area contributed by atoms with Crippen molar-refractivity contribution in [1.29, 1.82) is 0 Å². The van der Waals surface area contributed by atoms with Gasteiger partial charge in [0.05, 0.1) is 7.11 Å². The number of ether oxygens (including phenoxy) is 3. The topological polar surface area (TPSA) is 44.8 Å². The Morgan fingerprint density at radius 3 is 2.03 bits per heavy atom. The molecule has 0 bridgehead atoms. The molecule has 0 saturated carbocycles. The first-order valence-electron chi connectivity index (χ1n) is 9.32. The summed E-state index contributed by atoms with van der Waals surface area (Å²) < 4.78 is 40.9. The second-order valence-electron chi connectivity index (χ2n) is 6.66. The molecule has 0 aliphatic rings. The molecule has 0 amide bonds. The molecule has 3 aromatic carbocycles. The summed E-state index contributed by atoms with van der Waals surface area (Å²) in [7, 11) is 1.57. The van der Waals surface area contributed by atoms with Crippen molar-refractivity contribution >= 4 is 5.97 Å². The van der Waals surface area contributed by atoms with Crippen LogP contribution < -0.4 is 14.2 Å². The number of benzene rings is 3. The zero-order valence-corrected chi connectivity index (χ0v) is 17.0. The Balaban J connectivity index is 1.94. The van der Waals surface area contributed by atoms with E-state index in [9.17, 15) is 13.6 Å². The second-order valence-corrected chi connectivity index (χ2v) is 6.66. The summed E-state index contributed by atoms with van der Waals surface area (Å²) in [6.45, 7) is 5.11. The lowest BCUT2D eigenvalue weighted by atomic mass is 9.99. The van der Waals surface area contributed by atoms with Crippen LogP contribution in [0.2, 0.25) is 0 Å². The van der Waals surface area contributed by atoms with Crippen LogP contribution in [0.1, 0.15) is 6.92 Å². The highest BCUT2D eigenvalue weighted by molar-refractivity contribution is 5.88. The summed E-state index contributed by atoms with van der Waals surface area (Å²) in [6.07, 6.45) is -1.53. The van der Waals surface area contributed by atoms with Crippen molar-refractivity contribution in [3.63, 3.8) is 0 Å². The maximum atomic E-state index is 12.7. The summed E-state index contributed by atoms with van der Waals surface area (Å²) in [5.74, 6) is 0.830. The van der Waals surface area contributed by atoms with Gasteiger partial charge in [0.15, 0.2) is 6.26 Å². The fourth-order valence-corrected chi connectivity index (χ4v) is 2.83. The molecule has 3 aromatic rings. The van der Waals surface area contributed by atoms with E-state index in [1.165, 1.54) is 0 Å². The molecule has 0 aliphatic heterocycles. The predicted octanol–water partition coefficient (Wildman–Crippen LogP) is 6.63. The number of hydrogen-bond acceptors (Lipinski definition) is 4. The van der Waals surface area contributed by atoms with E-state index in [4.69, 9.17) is 14.2 Å². The number of carbonyl (C=O) groups is 1. The monoisotopic (exact) mass is 422 g/mol. The fraction of sp³-hybridized carbons (Fsp3) is 0.0800. The van der Waals surface area contributed by atoms with Gasteiger partial charge in [-0.3, -0.25) is 0 Å². The van der Waals surface area contributed by atoms with E-state index in [-0.39, 0.29) is 5.75 Å². The Kier molecular flexibility index (Phi) is 6.82. The molecule has 0 aliphatic carbocycles. The van der Waals surface area contributed by atoms with Crippen LogP contribution >= 0.6 is 0 Å². The largest absolute Gasteiger partial charge is 0.497 e. The Hall–Kier alpha value is -3.93. The Morgan fingerprint density at radius 1 is 0.871 bits per heavy atom. The minimum Gasteiger partial charge on any atom is -0.497 e. The van der Waals surface area contributed by atoms with Crippen LogP contribution in [0.15, 0.2) is 91.2 Å². The molecular formula is C25H20F2O4. The van der Waals surface area contributed by atoms with E-state index in [1.807, 2.05) is 18.2 Å². The number of carbonyl (C=O) groups excluding carboxylic acids is 1. The van der Waals surface area contributed by atoms with E-state index < -0.39 is 12.0 Å². The van der Waals surface area contributed by atoms with Gasteiger partial charge < -0.3 is 14.2 Å². The standard InChI is InChI=1S/C25H20F2O4/c1-16(2)25(28)31-21-11-4-17(5-12-21)19-8-13-22(23(14-19)30-15-24(26)27)18-6-9-20(29-3)10-7-18/h4-15H,1H2,2-3H3. The fourth-order valence-electron chi connectivity index (χ4n) is 2.83. The Labute approximate surface area is 179 Å². The predicted molar refractivity (Wildman–Crippen MR) is 115 cm³/mol. The first-order chi connectivity index (χ1) is 14.9. The lowest BCUT2D eigenvalue weighted by molar-refractivity contribution is -0.130. The van der Waals surface area contributed by atoms with Gasteiger partial charge in [0.2, 0.25) is 0 Å². The summed E-state index contributed by atoms with van der Waals surface area (Å²) in [4.78, 5) is 11.6. The van der Waals surface area contributed by atoms with E-state index in [1.54, 1.807) is 62.6 Å². The summed E-state index contributed by atoms with van der Waals surface area (Å²) >= 11 is 0. The Morgan fingerprint density at radius 2 is 1.45 bits per heavy atom. The smallest absolute Gasteiger partial charge is 0.338 e. The molecule has 0 radical (unpaired) electrons. The highest BCUT2D eigenvalue weighted by Gasteiger charge is 2.11. The molecule has 31 heavy (non-hydrogen) atoms. The highest BCUT2D eigenvalue weighted by Crippen LogP contribution is 2.36. The molecule has 6 heteroatoms. The summed E-state index contributed by atoms with van der Waals surface area (Å²) in [5.41, 5.74) is 3.28. The zero-order valence-electron chi connectivity index (χ0n) is 17.0. The van der Waals surface area contributed by atoms with Crippen molar-refractivity contribution in [1.82, 2.24) is 0 Å². The quantitative estimate of drug-likeness (QED) is 0.186. The van der Waals surface area contributed by atoms with Gasteiger partial charge in [0.25, 0.3) is 0 Å². The van der Waals surface area contributed by atoms with Crippen molar-refractivity contribution in [2.75, 3.05) is 7.11 Å². The average molecular weight is 422 g/mol. The molecule has 0 N–H and O–H groups in total. The maximum absolute atomic E-state index is 12.7. The normalized spacial score (nSPS) is 10.2. The molecule has 3 rings (SSSR count). The van der Waals surface area contributed by atoms with Crippen molar-refractivity contribution in [3.8, 4) is 39.5 Å². The molecule has 0 spiro atoms. The van der Waals surface area contributed by atoms with Crippen molar-refractivity contribution in [2.45, 2.75) is 6.92 Å². The first-order valence-corrected chi connectivity index (χ1v) is 9.32. The number of rotatable bonds is 7. The molecule has 0 heterocycles. The lowest BCUT2D eigenvalue weighted by Gasteiger charge is -2.12. The third-order valence-corrected chi connectivity index (χ3v) is 4.40. The molecule has 4 nitrogen and oxygen atoms in total. The van der Waals surface area contributed by atoms with Crippen LogP contribution in [0, 0.1) is 0 Å². The van der Waals surface area contributed by atoms with E-state index in [0.717, 1.165) is 16.7 Å². The average Bonchev–Trinajstić information content (AvgIpc) is 2.78. The van der Waals surface area contributed by atoms with Crippen molar-refractivity contribution in [2.24, 2.45) is 0 Å². The molecule has 0 fully saturated rings. The van der Waals surface area contributed by atoms with Gasteiger partial charge in [-0.15, -0.1) is 0 Å². The Bertz CT molecular complexity index is 1110. The van der Waals surface area contributed by atoms with Gasteiger partial charge in [-0.1, -0.05) is 43.0 Å². The number of hydrogen-bond donors (Lipinski definition) is 0. The molecular weight excluding hydrogens is 402 g/mol. The van der Waals surface area contributed by atoms with E-state index in [2.05, 4.69) is 6.58 Å². The van der Waals surface area contributed by atoms with Crippen LogP contribution in [-0.2, 0) is 4.79 Å². The third-order valence-electron chi connectivity index (χ3n) is 4.40. The summed E-state index contributed by atoms with van der Waals surface area (Å²) in [6, 6.07) is 19.4. The van der Waals surface area contributed by atoms with Crippen LogP contribution in [0.5, 0.6) is 17.2 Å². The third kappa shape index (κ3) is 5.57. The SMILES string of the molecule is C=C(C)C(=O)Oc1ccc(-c2ccc(-c3ccc(OC)cc3)c(OC=C(F)F)c2)cc1. The maximum Gasteiger partial charge on any atom is 0.338 e. The van der Waals surface area contributed by atoms with Gasteiger partial charge in [0.1, 0.15) is 17.2 Å². The lowest BCUT2D eigenvalue weighted by Crippen LogP contribution is -2.07. The first kappa shape index (κ1) is 21.8. The molecule has 0 unspecified atom stereocenters. The van der Waals surface area contributed by atoms with E-state index in [0.29, 0.717) is 28.9 Å². The van der Waals surface area contributed by atoms with Crippen LogP contribution in [0.25, 0.3) is 22.3 Å². The molecule has 158 valence electrons. The zero-order chi connectivity index (χ0) is 22.4. The van der Waals surface area contributed by atoms with Gasteiger partial charge >= 0.3 is 12.0 Å². The molecule has 0 aromatic heterocycles. The van der Waals surface area contributed by atoms with Crippen LogP contribution in [-0.4, -0.2) is 13.1 Å². The van der Waals surface area contributed by atoms with Crippen molar-refractivity contribution < 1.29 is 27.8 Å². The van der Waals surface area contributed by atoms with Gasteiger partial charge in [-0.05, 0) is 53.9 Å². The minimum atomic E-state index is -1.94. The second kappa shape index (κ2) is 9.71. The van der Waals surface area contributed by atoms with Crippen molar-refractivity contribution in [3.05, 3.63) is 91.2 Å². The van der Waals surface area contributed by atoms with Gasteiger partial charge in [-0.2, -0.15) is 8.78 Å². The van der Waals surface area contributed by atoms with E-state index >= 15 is 0 Å². The molecule has 0 atom stereocenters. The molecule has 0 saturated heterocycles. The van der Waals surface area contributed by atoms with Gasteiger partial charge in [0, 0.05) is 11.1 Å². The van der Waals surface area contributed by atoms with Crippen LogP contribution in [0.3, 0.4) is 0 Å². The minimum absolute atomic E-state index is 0.272. The van der Waals surface area contributed by atoms with Crippen LogP contribution in [0.4, 0.5) is 8.78 Å². The number of esters is 1. The number of halogens is 2. The van der Waals surface area contributed by atoms with Gasteiger partial charge in [-0.25, -0.2) is 4.79 Å². The number of methoxy groups -OCH3 is 1. The summed E-state index contributed by atoms with van der Waals surface area (Å²) in [5, 5.41) is 0. The highest BCUT2D eigenvalue weighted by atomic mass is 19.3.